The molecule has 0 unspecified atom stereocenters. The third kappa shape index (κ3) is 4.19. The van der Waals surface area contributed by atoms with E-state index in [1.807, 2.05) is 0 Å². The van der Waals surface area contributed by atoms with Gasteiger partial charge >= 0.3 is 0 Å². The summed E-state index contributed by atoms with van der Waals surface area (Å²) in [5.41, 5.74) is 3.89. The summed E-state index contributed by atoms with van der Waals surface area (Å²) in [5, 5.41) is 3.47. The topological polar surface area (TPSA) is 28.2 Å². The predicted molar refractivity (Wildman–Crippen MR) is 90.9 cm³/mol. The van der Waals surface area contributed by atoms with Gasteiger partial charge < -0.3 is 10.2 Å². The summed E-state index contributed by atoms with van der Waals surface area (Å²) in [5.74, 6) is 2.15. The lowest BCUT2D eigenvalue weighted by atomic mass is 9.92. The monoisotopic (exact) mass is 289 g/mol. The number of aryl methyl sites for hydroxylation is 2. The number of nitrogens with zero attached hydrogens (tertiary/aromatic N) is 2. The Labute approximate surface area is 130 Å². The van der Waals surface area contributed by atoms with Gasteiger partial charge in [0.15, 0.2) is 0 Å². The van der Waals surface area contributed by atoms with Crippen LogP contribution in [0.1, 0.15) is 56.4 Å². The second-order valence-corrected chi connectivity index (χ2v) is 6.38. The molecule has 1 N–H and O–H groups in total. The summed E-state index contributed by atoms with van der Waals surface area (Å²) >= 11 is 0. The highest BCUT2D eigenvalue weighted by molar-refractivity contribution is 5.52. The summed E-state index contributed by atoms with van der Waals surface area (Å²) < 4.78 is 0. The standard InChI is InChI=1S/C18H31N3/c1-5-7-16-8-10-21(11-9-16)18-17(13-19-6-2)14(3)12-15(4)20-18/h12,16,19H,5-11,13H2,1-4H3. The number of anilines is 1. The van der Waals surface area contributed by atoms with Crippen LogP contribution >= 0.6 is 0 Å². The van der Waals surface area contributed by atoms with E-state index in [2.05, 4.69) is 44.0 Å². The fourth-order valence-electron chi connectivity index (χ4n) is 3.42. The molecule has 0 aromatic carbocycles. The maximum Gasteiger partial charge on any atom is 0.133 e. The van der Waals surface area contributed by atoms with E-state index < -0.39 is 0 Å². The minimum atomic E-state index is 0.925. The summed E-state index contributed by atoms with van der Waals surface area (Å²) in [6.07, 6.45) is 5.35. The SMILES string of the molecule is CCCC1CCN(c2nc(C)cc(C)c2CNCC)CC1. The Balaban J connectivity index is 2.15. The number of piperidine rings is 1. The average Bonchev–Trinajstić information content (AvgIpc) is 2.47. The molecule has 1 aliphatic rings. The lowest BCUT2D eigenvalue weighted by Crippen LogP contribution is -2.35. The van der Waals surface area contributed by atoms with Gasteiger partial charge in [-0.3, -0.25) is 0 Å². The van der Waals surface area contributed by atoms with Crippen molar-refractivity contribution in [2.24, 2.45) is 5.92 Å². The minimum Gasteiger partial charge on any atom is -0.356 e. The van der Waals surface area contributed by atoms with Crippen LogP contribution in [0.3, 0.4) is 0 Å². The van der Waals surface area contributed by atoms with Crippen molar-refractivity contribution in [1.82, 2.24) is 10.3 Å². The van der Waals surface area contributed by atoms with Crippen molar-refractivity contribution in [3.63, 3.8) is 0 Å². The molecule has 21 heavy (non-hydrogen) atoms. The molecule has 1 fully saturated rings. The molecule has 1 aromatic rings. The van der Waals surface area contributed by atoms with E-state index in [-0.39, 0.29) is 0 Å². The fourth-order valence-corrected chi connectivity index (χ4v) is 3.42. The van der Waals surface area contributed by atoms with Gasteiger partial charge in [0.25, 0.3) is 0 Å². The average molecular weight is 289 g/mol. The maximum absolute atomic E-state index is 4.87. The van der Waals surface area contributed by atoms with Crippen LogP contribution < -0.4 is 10.2 Å². The van der Waals surface area contributed by atoms with Gasteiger partial charge in [0.1, 0.15) is 5.82 Å². The third-order valence-corrected chi connectivity index (χ3v) is 4.62. The van der Waals surface area contributed by atoms with Gasteiger partial charge in [-0.15, -0.1) is 0 Å². The Morgan fingerprint density at radius 3 is 2.57 bits per heavy atom. The molecule has 0 radical (unpaired) electrons. The van der Waals surface area contributed by atoms with E-state index >= 15 is 0 Å². The summed E-state index contributed by atoms with van der Waals surface area (Å²) in [7, 11) is 0. The minimum absolute atomic E-state index is 0.925. The highest BCUT2D eigenvalue weighted by Gasteiger charge is 2.22. The Morgan fingerprint density at radius 1 is 1.24 bits per heavy atom. The van der Waals surface area contributed by atoms with Crippen LogP contribution in [0, 0.1) is 19.8 Å². The van der Waals surface area contributed by atoms with Crippen LogP contribution in [0.15, 0.2) is 6.07 Å². The van der Waals surface area contributed by atoms with E-state index in [0.29, 0.717) is 0 Å². The number of pyridine rings is 1. The number of hydrogen-bond acceptors (Lipinski definition) is 3. The van der Waals surface area contributed by atoms with Crippen LogP contribution in [-0.2, 0) is 6.54 Å². The van der Waals surface area contributed by atoms with E-state index in [1.54, 1.807) is 0 Å². The number of nitrogens with one attached hydrogen (secondary N) is 1. The van der Waals surface area contributed by atoms with Crippen LogP contribution in [0.5, 0.6) is 0 Å². The van der Waals surface area contributed by atoms with Crippen molar-refractivity contribution in [3.05, 3.63) is 22.9 Å². The van der Waals surface area contributed by atoms with Crippen molar-refractivity contribution in [2.75, 3.05) is 24.5 Å². The highest BCUT2D eigenvalue weighted by atomic mass is 15.2. The summed E-state index contributed by atoms with van der Waals surface area (Å²) in [6, 6.07) is 2.21. The summed E-state index contributed by atoms with van der Waals surface area (Å²) in [4.78, 5) is 7.38. The first-order chi connectivity index (χ1) is 10.2. The molecule has 3 nitrogen and oxygen atoms in total. The molecule has 1 aliphatic heterocycles. The number of hydrogen-bond donors (Lipinski definition) is 1. The quantitative estimate of drug-likeness (QED) is 0.863. The molecule has 0 aliphatic carbocycles. The van der Waals surface area contributed by atoms with Gasteiger partial charge in [-0.05, 0) is 50.8 Å². The Kier molecular flexibility index (Phi) is 6.04. The number of rotatable bonds is 6. The van der Waals surface area contributed by atoms with Crippen molar-refractivity contribution in [3.8, 4) is 0 Å². The first-order valence-corrected chi connectivity index (χ1v) is 8.58. The molecule has 3 heteroatoms. The largest absolute Gasteiger partial charge is 0.356 e. The van der Waals surface area contributed by atoms with Crippen LogP contribution in [0.25, 0.3) is 0 Å². The molecule has 0 spiro atoms. The van der Waals surface area contributed by atoms with Gasteiger partial charge in [-0.1, -0.05) is 26.7 Å². The van der Waals surface area contributed by atoms with E-state index in [0.717, 1.165) is 24.7 Å². The van der Waals surface area contributed by atoms with Crippen LogP contribution in [-0.4, -0.2) is 24.6 Å². The zero-order valence-corrected chi connectivity index (χ0v) is 14.2. The van der Waals surface area contributed by atoms with Crippen LogP contribution in [0.2, 0.25) is 0 Å². The Hall–Kier alpha value is -1.09. The Bertz CT molecular complexity index is 448. The maximum atomic E-state index is 4.87. The fraction of sp³-hybridized carbons (Fsp3) is 0.722. The zero-order valence-electron chi connectivity index (χ0n) is 14.2. The molecular weight excluding hydrogens is 258 g/mol. The molecule has 2 heterocycles. The molecule has 1 saturated heterocycles. The van der Waals surface area contributed by atoms with Crippen molar-refractivity contribution < 1.29 is 0 Å². The molecule has 2 rings (SSSR count). The molecule has 0 bridgehead atoms. The van der Waals surface area contributed by atoms with Crippen molar-refractivity contribution in [2.45, 2.75) is 59.9 Å². The third-order valence-electron chi connectivity index (χ3n) is 4.62. The second kappa shape index (κ2) is 7.79. The lowest BCUT2D eigenvalue weighted by Gasteiger charge is -2.34. The highest BCUT2D eigenvalue weighted by Crippen LogP contribution is 2.28. The molecule has 0 atom stereocenters. The van der Waals surface area contributed by atoms with E-state index in [4.69, 9.17) is 4.98 Å². The molecule has 118 valence electrons. The van der Waals surface area contributed by atoms with Gasteiger partial charge in [0, 0.05) is 30.9 Å². The van der Waals surface area contributed by atoms with Crippen LogP contribution in [0.4, 0.5) is 5.82 Å². The zero-order chi connectivity index (χ0) is 15.2. The van der Waals surface area contributed by atoms with Gasteiger partial charge in [0.05, 0.1) is 0 Å². The van der Waals surface area contributed by atoms with E-state index in [9.17, 15) is 0 Å². The van der Waals surface area contributed by atoms with Crippen molar-refractivity contribution in [1.29, 1.82) is 0 Å². The smallest absolute Gasteiger partial charge is 0.133 e. The first kappa shape index (κ1) is 16.3. The molecular formula is C18H31N3. The predicted octanol–water partition coefficient (Wildman–Crippen LogP) is 3.82. The van der Waals surface area contributed by atoms with Crippen molar-refractivity contribution >= 4 is 5.82 Å². The summed E-state index contributed by atoms with van der Waals surface area (Å²) in [6.45, 7) is 13.1. The normalized spacial score (nSPS) is 16.5. The first-order valence-electron chi connectivity index (χ1n) is 8.58. The number of aromatic nitrogens is 1. The molecule has 1 aromatic heterocycles. The van der Waals surface area contributed by atoms with Gasteiger partial charge in [-0.25, -0.2) is 4.98 Å². The molecule has 0 amide bonds. The second-order valence-electron chi connectivity index (χ2n) is 6.38. The Morgan fingerprint density at radius 2 is 1.95 bits per heavy atom. The van der Waals surface area contributed by atoms with Gasteiger partial charge in [0.2, 0.25) is 0 Å². The molecule has 0 saturated carbocycles. The lowest BCUT2D eigenvalue weighted by molar-refractivity contribution is 0.376. The van der Waals surface area contributed by atoms with Gasteiger partial charge in [-0.2, -0.15) is 0 Å². The van der Waals surface area contributed by atoms with E-state index in [1.165, 1.54) is 55.7 Å².